The number of nitrogens with zero attached hydrogens (tertiary/aromatic N) is 3. The lowest BCUT2D eigenvalue weighted by Crippen LogP contribution is -2.33. The number of methoxy groups -OCH3 is 3. The SMILES string of the molecule is COc1cc(C(=O)N(CCCN(C)C)c2nc3ccc(C)cc3s2)cc(OC)c1OC.Cl. The van der Waals surface area contributed by atoms with E-state index in [0.29, 0.717) is 34.5 Å². The Hall–Kier alpha value is -2.55. The monoisotopic (exact) mass is 479 g/mol. The van der Waals surface area contributed by atoms with Crippen molar-refractivity contribution >= 4 is 45.0 Å². The highest BCUT2D eigenvalue weighted by molar-refractivity contribution is 7.22. The molecule has 7 nitrogen and oxygen atoms in total. The van der Waals surface area contributed by atoms with E-state index in [4.69, 9.17) is 19.2 Å². The normalized spacial score (nSPS) is 10.7. The molecule has 3 aromatic rings. The number of benzene rings is 2. The van der Waals surface area contributed by atoms with Crippen LogP contribution in [0, 0.1) is 6.92 Å². The molecule has 0 saturated carbocycles. The molecule has 0 bridgehead atoms. The van der Waals surface area contributed by atoms with Gasteiger partial charge >= 0.3 is 0 Å². The third kappa shape index (κ3) is 5.62. The molecule has 32 heavy (non-hydrogen) atoms. The van der Waals surface area contributed by atoms with E-state index in [1.807, 2.05) is 26.2 Å². The summed E-state index contributed by atoms with van der Waals surface area (Å²) in [6, 6.07) is 9.48. The Morgan fingerprint density at radius 1 is 1.00 bits per heavy atom. The van der Waals surface area contributed by atoms with Crippen molar-refractivity contribution in [3.05, 3.63) is 41.5 Å². The van der Waals surface area contributed by atoms with Crippen LogP contribution in [0.15, 0.2) is 30.3 Å². The smallest absolute Gasteiger partial charge is 0.260 e. The minimum atomic E-state index is -0.159. The summed E-state index contributed by atoms with van der Waals surface area (Å²) in [7, 11) is 8.66. The molecule has 1 aromatic heterocycles. The summed E-state index contributed by atoms with van der Waals surface area (Å²) in [5, 5.41) is 0.679. The summed E-state index contributed by atoms with van der Waals surface area (Å²) < 4.78 is 17.3. The summed E-state index contributed by atoms with van der Waals surface area (Å²) in [5.41, 5.74) is 2.51. The summed E-state index contributed by atoms with van der Waals surface area (Å²) in [4.78, 5) is 22.2. The fraction of sp³-hybridized carbons (Fsp3) is 0.391. The predicted octanol–water partition coefficient (Wildman–Crippen LogP) is 4.65. The van der Waals surface area contributed by atoms with Gasteiger partial charge in [0.05, 0.1) is 31.5 Å². The maximum atomic E-state index is 13.6. The lowest BCUT2D eigenvalue weighted by molar-refractivity contribution is 0.0985. The van der Waals surface area contributed by atoms with Crippen LogP contribution in [0.5, 0.6) is 17.2 Å². The van der Waals surface area contributed by atoms with Crippen LogP contribution in [-0.4, -0.2) is 64.3 Å². The first-order valence-corrected chi connectivity index (χ1v) is 10.8. The average Bonchev–Trinajstić information content (AvgIpc) is 3.17. The number of anilines is 1. The molecule has 174 valence electrons. The van der Waals surface area contributed by atoms with Gasteiger partial charge in [-0.2, -0.15) is 0 Å². The highest BCUT2D eigenvalue weighted by atomic mass is 35.5. The van der Waals surface area contributed by atoms with Crippen molar-refractivity contribution < 1.29 is 19.0 Å². The van der Waals surface area contributed by atoms with Gasteiger partial charge in [0.2, 0.25) is 5.75 Å². The molecule has 0 fully saturated rings. The van der Waals surface area contributed by atoms with Crippen molar-refractivity contribution in [1.29, 1.82) is 0 Å². The molecule has 0 spiro atoms. The Kier molecular flexibility index (Phi) is 9.12. The predicted molar refractivity (Wildman–Crippen MR) is 133 cm³/mol. The zero-order valence-electron chi connectivity index (χ0n) is 19.3. The van der Waals surface area contributed by atoms with Gasteiger partial charge in [0, 0.05) is 12.1 Å². The third-order valence-corrected chi connectivity index (χ3v) is 5.95. The number of hydrogen-bond acceptors (Lipinski definition) is 7. The second kappa shape index (κ2) is 11.4. The van der Waals surface area contributed by atoms with Gasteiger partial charge in [0.15, 0.2) is 16.6 Å². The van der Waals surface area contributed by atoms with Crippen LogP contribution in [0.1, 0.15) is 22.3 Å². The minimum Gasteiger partial charge on any atom is -0.493 e. The topological polar surface area (TPSA) is 64.1 Å². The number of rotatable bonds is 9. The fourth-order valence-electron chi connectivity index (χ4n) is 3.32. The zero-order valence-corrected chi connectivity index (χ0v) is 20.9. The van der Waals surface area contributed by atoms with Gasteiger partial charge in [0.1, 0.15) is 0 Å². The highest BCUT2D eigenvalue weighted by Gasteiger charge is 2.24. The number of carbonyl (C=O) groups is 1. The van der Waals surface area contributed by atoms with E-state index in [1.54, 1.807) is 24.1 Å². The standard InChI is InChI=1S/C23H29N3O4S.ClH/c1-15-8-9-17-20(12-15)31-23(24-17)26(11-7-10-25(2)3)22(27)16-13-18(28-4)21(30-6)19(14-16)29-5;/h8-9,12-14H,7,10-11H2,1-6H3;1H. The van der Waals surface area contributed by atoms with Crippen LogP contribution in [0.4, 0.5) is 5.13 Å². The molecule has 0 atom stereocenters. The number of fused-ring (bicyclic) bond motifs is 1. The van der Waals surface area contributed by atoms with Gasteiger partial charge in [-0.15, -0.1) is 12.4 Å². The first-order valence-electron chi connectivity index (χ1n) is 10.0. The van der Waals surface area contributed by atoms with Crippen LogP contribution in [-0.2, 0) is 0 Å². The number of aryl methyl sites for hydroxylation is 1. The van der Waals surface area contributed by atoms with Gasteiger partial charge in [-0.05, 0) is 63.8 Å². The highest BCUT2D eigenvalue weighted by Crippen LogP contribution is 2.39. The Balaban J connectivity index is 0.00000363. The van der Waals surface area contributed by atoms with Crippen molar-refractivity contribution in [3.63, 3.8) is 0 Å². The lowest BCUT2D eigenvalue weighted by atomic mass is 10.1. The third-order valence-electron chi connectivity index (χ3n) is 4.91. The van der Waals surface area contributed by atoms with Crippen LogP contribution in [0.25, 0.3) is 10.2 Å². The molecule has 0 N–H and O–H groups in total. The number of amides is 1. The van der Waals surface area contributed by atoms with E-state index in [1.165, 1.54) is 25.6 Å². The van der Waals surface area contributed by atoms with Crippen molar-refractivity contribution in [2.75, 3.05) is 53.4 Å². The van der Waals surface area contributed by atoms with E-state index >= 15 is 0 Å². The number of aromatic nitrogens is 1. The summed E-state index contributed by atoms with van der Waals surface area (Å²) in [6.07, 6.45) is 0.818. The number of hydrogen-bond donors (Lipinski definition) is 0. The summed E-state index contributed by atoms with van der Waals surface area (Å²) in [6.45, 7) is 3.46. The molecule has 0 radical (unpaired) electrons. The largest absolute Gasteiger partial charge is 0.493 e. The van der Waals surface area contributed by atoms with Crippen LogP contribution >= 0.6 is 23.7 Å². The molecular formula is C23H30ClN3O4S. The number of carbonyl (C=O) groups excluding carboxylic acids is 1. The van der Waals surface area contributed by atoms with Crippen molar-refractivity contribution in [1.82, 2.24) is 9.88 Å². The lowest BCUT2D eigenvalue weighted by Gasteiger charge is -2.22. The number of thiazole rings is 1. The van der Waals surface area contributed by atoms with Gasteiger partial charge in [-0.1, -0.05) is 17.4 Å². The molecule has 0 saturated heterocycles. The minimum absolute atomic E-state index is 0. The van der Waals surface area contributed by atoms with Crippen LogP contribution in [0.2, 0.25) is 0 Å². The zero-order chi connectivity index (χ0) is 22.5. The maximum Gasteiger partial charge on any atom is 0.260 e. The van der Waals surface area contributed by atoms with E-state index in [9.17, 15) is 4.79 Å². The first-order chi connectivity index (χ1) is 14.9. The average molecular weight is 480 g/mol. The second-order valence-electron chi connectivity index (χ2n) is 7.50. The fourth-order valence-corrected chi connectivity index (χ4v) is 4.41. The molecule has 0 aliphatic heterocycles. The molecule has 2 aromatic carbocycles. The molecule has 9 heteroatoms. The van der Waals surface area contributed by atoms with E-state index in [-0.39, 0.29) is 18.3 Å². The van der Waals surface area contributed by atoms with Crippen LogP contribution in [0.3, 0.4) is 0 Å². The molecule has 0 unspecified atom stereocenters. The van der Waals surface area contributed by atoms with E-state index in [0.717, 1.165) is 28.7 Å². The Bertz CT molecular complexity index is 1050. The van der Waals surface area contributed by atoms with Gasteiger partial charge in [-0.3, -0.25) is 9.69 Å². The van der Waals surface area contributed by atoms with Crippen molar-refractivity contribution in [2.24, 2.45) is 0 Å². The summed E-state index contributed by atoms with van der Waals surface area (Å²) >= 11 is 1.52. The first kappa shape index (κ1) is 25.7. The van der Waals surface area contributed by atoms with Crippen molar-refractivity contribution in [2.45, 2.75) is 13.3 Å². The Morgan fingerprint density at radius 3 is 2.22 bits per heavy atom. The molecule has 3 rings (SSSR count). The quantitative estimate of drug-likeness (QED) is 0.445. The Labute approximate surface area is 199 Å². The van der Waals surface area contributed by atoms with Gasteiger partial charge in [-0.25, -0.2) is 4.98 Å². The Morgan fingerprint density at radius 2 is 1.66 bits per heavy atom. The van der Waals surface area contributed by atoms with E-state index in [2.05, 4.69) is 17.9 Å². The van der Waals surface area contributed by atoms with E-state index < -0.39 is 0 Å². The number of halogens is 1. The maximum absolute atomic E-state index is 13.6. The molecule has 1 heterocycles. The molecule has 0 aliphatic carbocycles. The molecule has 1 amide bonds. The second-order valence-corrected chi connectivity index (χ2v) is 8.50. The van der Waals surface area contributed by atoms with Crippen LogP contribution < -0.4 is 19.1 Å². The molecular weight excluding hydrogens is 450 g/mol. The van der Waals surface area contributed by atoms with Gasteiger partial charge < -0.3 is 19.1 Å². The number of ether oxygens (including phenoxy) is 3. The van der Waals surface area contributed by atoms with Crippen molar-refractivity contribution in [3.8, 4) is 17.2 Å². The molecule has 0 aliphatic rings. The van der Waals surface area contributed by atoms with Gasteiger partial charge in [0.25, 0.3) is 5.91 Å². The summed E-state index contributed by atoms with van der Waals surface area (Å²) in [5.74, 6) is 1.18.